The summed E-state index contributed by atoms with van der Waals surface area (Å²) in [6, 6.07) is 9.57. The van der Waals surface area contributed by atoms with E-state index in [0.717, 1.165) is 47.0 Å². The van der Waals surface area contributed by atoms with Crippen LogP contribution in [0.3, 0.4) is 0 Å². The fourth-order valence-corrected chi connectivity index (χ4v) is 7.04. The lowest BCUT2D eigenvalue weighted by atomic mass is 10.0. The highest BCUT2D eigenvalue weighted by atomic mass is 32.2. The molecule has 0 saturated carbocycles. The number of aryl methyl sites for hydroxylation is 2. The fourth-order valence-electron chi connectivity index (χ4n) is 3.73. The van der Waals surface area contributed by atoms with Gasteiger partial charge >= 0.3 is 5.97 Å². The Balaban J connectivity index is 1.12. The number of thioether (sulfide) groups is 1. The average Bonchev–Trinajstić information content (AvgIpc) is 3.36. The number of thiazole rings is 2. The molecule has 160 valence electrons. The van der Waals surface area contributed by atoms with E-state index in [-0.39, 0.29) is 18.1 Å². The lowest BCUT2D eigenvalue weighted by Gasteiger charge is -2.10. The van der Waals surface area contributed by atoms with Gasteiger partial charge in [-0.15, -0.1) is 22.7 Å². The summed E-state index contributed by atoms with van der Waals surface area (Å²) in [5.41, 5.74) is 2.56. The maximum Gasteiger partial charge on any atom is 0.306 e. The normalized spacial score (nSPS) is 13.5. The average molecular weight is 472 g/mol. The standard InChI is InChI=1S/C22H21N3O3S3/c26-19-12-14(23-21-25(19)16-7-2-4-9-18(16)30-21)13-28-20(27)10-5-11-29-22-24-15-6-1-3-8-17(15)31-22/h1,3,6,8,12H,2,4-5,7,9-11,13H2. The molecule has 3 aromatic heterocycles. The molecule has 0 radical (unpaired) electrons. The van der Waals surface area contributed by atoms with Gasteiger partial charge in [0.15, 0.2) is 9.30 Å². The van der Waals surface area contributed by atoms with Crippen molar-refractivity contribution in [3.05, 3.63) is 57.0 Å². The molecule has 1 aromatic carbocycles. The van der Waals surface area contributed by atoms with Gasteiger partial charge in [0, 0.05) is 28.8 Å². The zero-order chi connectivity index (χ0) is 21.2. The van der Waals surface area contributed by atoms with Crippen LogP contribution in [0, 0.1) is 0 Å². The topological polar surface area (TPSA) is 73.6 Å². The first-order chi connectivity index (χ1) is 15.2. The molecule has 4 aromatic rings. The lowest BCUT2D eigenvalue weighted by Crippen LogP contribution is -2.18. The minimum absolute atomic E-state index is 0.0398. The zero-order valence-corrected chi connectivity index (χ0v) is 19.3. The number of para-hydroxylation sites is 1. The number of fused-ring (bicyclic) bond motifs is 4. The Morgan fingerprint density at radius 3 is 2.94 bits per heavy atom. The second kappa shape index (κ2) is 9.10. The summed E-state index contributed by atoms with van der Waals surface area (Å²) in [7, 11) is 0. The Hall–Kier alpha value is -2.23. The van der Waals surface area contributed by atoms with Crippen LogP contribution in [0.1, 0.15) is 41.9 Å². The molecule has 6 nitrogen and oxygen atoms in total. The van der Waals surface area contributed by atoms with Gasteiger partial charge in [0.05, 0.1) is 15.9 Å². The molecule has 0 bridgehead atoms. The number of ether oxygens (including phenoxy) is 1. The van der Waals surface area contributed by atoms with E-state index in [1.807, 2.05) is 18.2 Å². The molecule has 3 heterocycles. The maximum atomic E-state index is 12.6. The predicted molar refractivity (Wildman–Crippen MR) is 125 cm³/mol. The molecule has 0 amide bonds. The van der Waals surface area contributed by atoms with Crippen LogP contribution >= 0.6 is 34.4 Å². The number of benzene rings is 1. The molecule has 0 aliphatic heterocycles. The highest BCUT2D eigenvalue weighted by molar-refractivity contribution is 8.01. The number of carbonyl (C=O) groups is 1. The first-order valence-corrected chi connectivity index (χ1v) is 13.0. The first-order valence-electron chi connectivity index (χ1n) is 10.3. The second-order valence-corrected chi connectivity index (χ2v) is 10.9. The predicted octanol–water partition coefficient (Wildman–Crippen LogP) is 4.86. The summed E-state index contributed by atoms with van der Waals surface area (Å²) in [4.78, 5) is 35.8. The van der Waals surface area contributed by atoms with Gasteiger partial charge in [0.2, 0.25) is 0 Å². The molecule has 0 N–H and O–H groups in total. The Labute approximate surface area is 191 Å². The van der Waals surface area contributed by atoms with Gasteiger partial charge in [0.25, 0.3) is 5.56 Å². The van der Waals surface area contributed by atoms with Gasteiger partial charge in [-0.25, -0.2) is 9.97 Å². The van der Waals surface area contributed by atoms with Crippen LogP contribution in [0.5, 0.6) is 0 Å². The third-order valence-corrected chi connectivity index (χ3v) is 8.63. The number of hydrogen-bond donors (Lipinski definition) is 0. The zero-order valence-electron chi connectivity index (χ0n) is 16.8. The first kappa shape index (κ1) is 20.7. The van der Waals surface area contributed by atoms with Crippen molar-refractivity contribution in [3.8, 4) is 0 Å². The number of hydrogen-bond acceptors (Lipinski definition) is 8. The van der Waals surface area contributed by atoms with Crippen LogP contribution in [0.25, 0.3) is 15.2 Å². The SMILES string of the molecule is O=C(CCCSc1nc2ccccc2s1)OCc1cc(=O)n2c3c(sc2n1)CCCC3. The van der Waals surface area contributed by atoms with Crippen molar-refractivity contribution < 1.29 is 9.53 Å². The Bertz CT molecular complexity index is 1270. The quantitative estimate of drug-likeness (QED) is 0.218. The smallest absolute Gasteiger partial charge is 0.306 e. The van der Waals surface area contributed by atoms with Crippen molar-refractivity contribution in [3.63, 3.8) is 0 Å². The Kier molecular flexibility index (Phi) is 6.06. The third-order valence-electron chi connectivity index (χ3n) is 5.22. The van der Waals surface area contributed by atoms with Crippen molar-refractivity contribution in [2.75, 3.05) is 5.75 Å². The molecule has 0 unspecified atom stereocenters. The molecule has 31 heavy (non-hydrogen) atoms. The number of rotatable bonds is 7. The monoisotopic (exact) mass is 471 g/mol. The van der Waals surface area contributed by atoms with Crippen LogP contribution < -0.4 is 5.56 Å². The minimum atomic E-state index is -0.266. The number of aromatic nitrogens is 3. The summed E-state index contributed by atoms with van der Waals surface area (Å²) in [6.07, 6.45) is 5.28. The van der Waals surface area contributed by atoms with E-state index in [1.165, 1.54) is 15.6 Å². The summed E-state index contributed by atoms with van der Waals surface area (Å²) >= 11 is 4.92. The van der Waals surface area contributed by atoms with E-state index in [9.17, 15) is 9.59 Å². The maximum absolute atomic E-state index is 12.6. The van der Waals surface area contributed by atoms with Gasteiger partial charge in [-0.05, 0) is 44.2 Å². The molecule has 9 heteroatoms. The molecule has 0 spiro atoms. The van der Waals surface area contributed by atoms with E-state index >= 15 is 0 Å². The molecular weight excluding hydrogens is 450 g/mol. The highest BCUT2D eigenvalue weighted by Crippen LogP contribution is 2.30. The number of nitrogens with zero attached hydrogens (tertiary/aromatic N) is 3. The van der Waals surface area contributed by atoms with Crippen molar-refractivity contribution in [2.45, 2.75) is 49.5 Å². The molecule has 0 fully saturated rings. The van der Waals surface area contributed by atoms with E-state index in [0.29, 0.717) is 23.5 Å². The molecule has 5 rings (SSSR count). The second-order valence-electron chi connectivity index (χ2n) is 7.44. The van der Waals surface area contributed by atoms with Gasteiger partial charge in [0.1, 0.15) is 6.61 Å². The summed E-state index contributed by atoms with van der Waals surface area (Å²) in [5.74, 6) is 0.540. The van der Waals surface area contributed by atoms with E-state index in [2.05, 4.69) is 16.0 Å². The van der Waals surface area contributed by atoms with Gasteiger partial charge in [-0.1, -0.05) is 23.9 Å². The summed E-state index contributed by atoms with van der Waals surface area (Å²) in [6.45, 7) is 0.0398. The number of esters is 1. The molecule has 1 aliphatic carbocycles. The van der Waals surface area contributed by atoms with Crippen LogP contribution in [-0.2, 0) is 29.0 Å². The fraction of sp³-hybridized carbons (Fsp3) is 0.364. The van der Waals surface area contributed by atoms with Crippen LogP contribution in [0.4, 0.5) is 0 Å². The summed E-state index contributed by atoms with van der Waals surface area (Å²) in [5, 5.41) is 0. The van der Waals surface area contributed by atoms with E-state index in [4.69, 9.17) is 4.74 Å². The van der Waals surface area contributed by atoms with Crippen molar-refractivity contribution in [1.29, 1.82) is 0 Å². The van der Waals surface area contributed by atoms with Crippen LogP contribution in [0.2, 0.25) is 0 Å². The Morgan fingerprint density at radius 1 is 1.16 bits per heavy atom. The molecular formula is C22H21N3O3S3. The third kappa shape index (κ3) is 4.53. The van der Waals surface area contributed by atoms with Gasteiger partial charge < -0.3 is 4.74 Å². The van der Waals surface area contributed by atoms with Crippen molar-refractivity contribution in [1.82, 2.24) is 14.4 Å². The highest BCUT2D eigenvalue weighted by Gasteiger charge is 2.18. The molecule has 1 aliphatic rings. The van der Waals surface area contributed by atoms with Gasteiger partial charge in [-0.3, -0.25) is 14.0 Å². The minimum Gasteiger partial charge on any atom is -0.459 e. The lowest BCUT2D eigenvalue weighted by molar-refractivity contribution is -0.145. The number of carbonyl (C=O) groups excluding carboxylic acids is 1. The van der Waals surface area contributed by atoms with E-state index in [1.54, 1.807) is 38.8 Å². The van der Waals surface area contributed by atoms with Crippen molar-refractivity contribution >= 4 is 55.6 Å². The van der Waals surface area contributed by atoms with E-state index < -0.39 is 0 Å². The Morgan fingerprint density at radius 2 is 2.03 bits per heavy atom. The summed E-state index contributed by atoms with van der Waals surface area (Å²) < 4.78 is 9.29. The van der Waals surface area contributed by atoms with Crippen molar-refractivity contribution in [2.24, 2.45) is 0 Å². The van der Waals surface area contributed by atoms with Crippen LogP contribution in [-0.4, -0.2) is 26.1 Å². The molecule has 0 saturated heterocycles. The molecule has 0 atom stereocenters. The van der Waals surface area contributed by atoms with Crippen LogP contribution in [0.15, 0.2) is 39.5 Å². The van der Waals surface area contributed by atoms with Gasteiger partial charge in [-0.2, -0.15) is 0 Å². The largest absolute Gasteiger partial charge is 0.459 e.